The molecule has 0 bridgehead atoms. The summed E-state index contributed by atoms with van der Waals surface area (Å²) < 4.78 is 1.91. The lowest BCUT2D eigenvalue weighted by atomic mass is 10.2. The van der Waals surface area contributed by atoms with Crippen molar-refractivity contribution in [2.75, 3.05) is 0 Å². The molecule has 23 heavy (non-hydrogen) atoms. The van der Waals surface area contributed by atoms with Crippen molar-refractivity contribution in [3.8, 4) is 11.8 Å². The van der Waals surface area contributed by atoms with E-state index in [-0.39, 0.29) is 18.1 Å². The third kappa shape index (κ3) is 3.24. The molecular formula is C17H13N5O. The number of aromatic nitrogens is 3. The molecule has 0 spiro atoms. The molecule has 1 amide bonds. The number of hydrogen-bond acceptors (Lipinski definition) is 4. The predicted octanol–water partition coefficient (Wildman–Crippen LogP) is 2.07. The number of carbonyl (C=O) groups excluding carboxylic acids is 1. The molecule has 1 aromatic carbocycles. The number of pyridine rings is 1. The summed E-state index contributed by atoms with van der Waals surface area (Å²) in [6.07, 6.45) is 4.98. The van der Waals surface area contributed by atoms with Gasteiger partial charge in [-0.3, -0.25) is 4.79 Å². The van der Waals surface area contributed by atoms with Crippen molar-refractivity contribution >= 4 is 5.91 Å². The molecule has 6 heteroatoms. The Balaban J connectivity index is 1.73. The maximum atomic E-state index is 12.2. The molecule has 3 aromatic rings. The lowest BCUT2D eigenvalue weighted by molar-refractivity contribution is 0.0949. The van der Waals surface area contributed by atoms with Crippen LogP contribution in [0, 0.1) is 11.3 Å². The van der Waals surface area contributed by atoms with Crippen molar-refractivity contribution in [1.82, 2.24) is 19.9 Å². The Bertz CT molecular complexity index is 864. The topological polar surface area (TPSA) is 83.6 Å². The van der Waals surface area contributed by atoms with E-state index in [0.717, 1.165) is 11.5 Å². The second kappa shape index (κ2) is 6.54. The van der Waals surface area contributed by atoms with E-state index >= 15 is 0 Å². The maximum Gasteiger partial charge on any atom is 0.251 e. The van der Waals surface area contributed by atoms with Gasteiger partial charge in [0.15, 0.2) is 0 Å². The first-order valence-corrected chi connectivity index (χ1v) is 7.00. The second-order valence-corrected chi connectivity index (χ2v) is 4.77. The molecule has 6 nitrogen and oxygen atoms in total. The normalized spacial score (nSPS) is 10.0. The summed E-state index contributed by atoms with van der Waals surface area (Å²) >= 11 is 0. The third-order valence-electron chi connectivity index (χ3n) is 3.30. The molecule has 0 radical (unpaired) electrons. The standard InChI is InChI=1S/C17H13N5O/c18-11-14-10-13(6-7-19-14)17(23)21-12-16-20-8-9-22(16)15-4-2-1-3-5-15/h1-10H,12H2,(H,21,23). The summed E-state index contributed by atoms with van der Waals surface area (Å²) in [6.45, 7) is 0.283. The van der Waals surface area contributed by atoms with E-state index in [1.807, 2.05) is 47.2 Å². The average molecular weight is 303 g/mol. The number of nitriles is 1. The summed E-state index contributed by atoms with van der Waals surface area (Å²) in [6, 6.07) is 14.7. The zero-order chi connectivity index (χ0) is 16.1. The van der Waals surface area contributed by atoms with E-state index in [0.29, 0.717) is 5.56 Å². The van der Waals surface area contributed by atoms with Crippen LogP contribution in [-0.4, -0.2) is 20.4 Å². The minimum atomic E-state index is -0.272. The van der Waals surface area contributed by atoms with Crippen LogP contribution in [0.15, 0.2) is 61.1 Å². The molecule has 0 saturated heterocycles. The summed E-state index contributed by atoms with van der Waals surface area (Å²) in [5, 5.41) is 11.6. The molecule has 0 fully saturated rings. The molecule has 0 aliphatic carbocycles. The van der Waals surface area contributed by atoms with Gasteiger partial charge in [0, 0.05) is 29.8 Å². The number of amides is 1. The van der Waals surface area contributed by atoms with E-state index in [4.69, 9.17) is 5.26 Å². The molecule has 0 aliphatic heterocycles. The molecule has 3 rings (SSSR count). The highest BCUT2D eigenvalue weighted by molar-refractivity contribution is 5.94. The summed E-state index contributed by atoms with van der Waals surface area (Å²) in [7, 11) is 0. The van der Waals surface area contributed by atoms with Gasteiger partial charge < -0.3 is 9.88 Å². The van der Waals surface area contributed by atoms with Gasteiger partial charge in [-0.15, -0.1) is 0 Å². The Morgan fingerprint density at radius 2 is 2.00 bits per heavy atom. The van der Waals surface area contributed by atoms with Crippen molar-refractivity contribution < 1.29 is 4.79 Å². The molecular weight excluding hydrogens is 290 g/mol. The van der Waals surface area contributed by atoms with Crippen LogP contribution >= 0.6 is 0 Å². The fraction of sp³-hybridized carbons (Fsp3) is 0.0588. The van der Waals surface area contributed by atoms with Gasteiger partial charge in [-0.1, -0.05) is 18.2 Å². The van der Waals surface area contributed by atoms with E-state index in [1.165, 1.54) is 12.3 Å². The van der Waals surface area contributed by atoms with Crippen molar-refractivity contribution in [1.29, 1.82) is 5.26 Å². The first-order chi connectivity index (χ1) is 11.3. The first kappa shape index (κ1) is 14.5. The zero-order valence-electron chi connectivity index (χ0n) is 12.2. The summed E-state index contributed by atoms with van der Waals surface area (Å²) in [5.74, 6) is 0.450. The predicted molar refractivity (Wildman–Crippen MR) is 83.7 cm³/mol. The van der Waals surface area contributed by atoms with Gasteiger partial charge in [-0.05, 0) is 24.3 Å². The monoisotopic (exact) mass is 303 g/mol. The van der Waals surface area contributed by atoms with Crippen LogP contribution in [0.25, 0.3) is 5.69 Å². The van der Waals surface area contributed by atoms with Crippen LogP contribution in [0.4, 0.5) is 0 Å². The van der Waals surface area contributed by atoms with Gasteiger partial charge in [0.2, 0.25) is 0 Å². The highest BCUT2D eigenvalue weighted by Crippen LogP contribution is 2.10. The van der Waals surface area contributed by atoms with Gasteiger partial charge in [0.05, 0.1) is 6.54 Å². The van der Waals surface area contributed by atoms with E-state index < -0.39 is 0 Å². The van der Waals surface area contributed by atoms with Crippen molar-refractivity contribution in [3.05, 3.63) is 78.1 Å². The summed E-state index contributed by atoms with van der Waals surface area (Å²) in [4.78, 5) is 20.3. The number of nitrogens with one attached hydrogen (secondary N) is 1. The maximum absolute atomic E-state index is 12.2. The molecule has 2 heterocycles. The van der Waals surface area contributed by atoms with Crippen molar-refractivity contribution in [3.63, 3.8) is 0 Å². The van der Waals surface area contributed by atoms with E-state index in [1.54, 1.807) is 12.3 Å². The number of nitrogens with zero attached hydrogens (tertiary/aromatic N) is 4. The number of hydrogen-bond donors (Lipinski definition) is 1. The lowest BCUT2D eigenvalue weighted by Gasteiger charge is -2.09. The van der Waals surface area contributed by atoms with Crippen LogP contribution < -0.4 is 5.32 Å². The van der Waals surface area contributed by atoms with E-state index in [9.17, 15) is 4.79 Å². The van der Waals surface area contributed by atoms with Crippen LogP contribution in [-0.2, 0) is 6.54 Å². The number of rotatable bonds is 4. The van der Waals surface area contributed by atoms with Crippen molar-refractivity contribution in [2.45, 2.75) is 6.54 Å². The smallest absolute Gasteiger partial charge is 0.251 e. The highest BCUT2D eigenvalue weighted by Gasteiger charge is 2.09. The SMILES string of the molecule is N#Cc1cc(C(=O)NCc2nccn2-c2ccccc2)ccn1. The zero-order valence-corrected chi connectivity index (χ0v) is 12.2. The van der Waals surface area contributed by atoms with E-state index in [2.05, 4.69) is 15.3 Å². The van der Waals surface area contributed by atoms with Crippen LogP contribution in [0.1, 0.15) is 21.9 Å². The minimum absolute atomic E-state index is 0.212. The van der Waals surface area contributed by atoms with Gasteiger partial charge in [-0.25, -0.2) is 9.97 Å². The van der Waals surface area contributed by atoms with Crippen LogP contribution in [0.5, 0.6) is 0 Å². The van der Waals surface area contributed by atoms with Crippen LogP contribution in [0.3, 0.4) is 0 Å². The largest absolute Gasteiger partial charge is 0.345 e. The number of carbonyl (C=O) groups is 1. The highest BCUT2D eigenvalue weighted by atomic mass is 16.1. The molecule has 0 aliphatic rings. The third-order valence-corrected chi connectivity index (χ3v) is 3.30. The summed E-state index contributed by atoms with van der Waals surface area (Å²) in [5.41, 5.74) is 1.59. The fourth-order valence-corrected chi connectivity index (χ4v) is 2.18. The quantitative estimate of drug-likeness (QED) is 0.799. The lowest BCUT2D eigenvalue weighted by Crippen LogP contribution is -2.24. The van der Waals surface area contributed by atoms with Gasteiger partial charge in [0.1, 0.15) is 17.6 Å². The molecule has 2 aromatic heterocycles. The Morgan fingerprint density at radius 3 is 2.78 bits per heavy atom. The van der Waals surface area contributed by atoms with Crippen molar-refractivity contribution in [2.24, 2.45) is 0 Å². The number of imidazole rings is 1. The molecule has 112 valence electrons. The van der Waals surface area contributed by atoms with Gasteiger partial charge in [-0.2, -0.15) is 5.26 Å². The first-order valence-electron chi connectivity index (χ1n) is 7.00. The van der Waals surface area contributed by atoms with Gasteiger partial charge in [0.25, 0.3) is 5.91 Å². The second-order valence-electron chi connectivity index (χ2n) is 4.77. The number of benzene rings is 1. The Kier molecular flexibility index (Phi) is 4.11. The average Bonchev–Trinajstić information content (AvgIpc) is 3.09. The Hall–Kier alpha value is -3.46. The fourth-order valence-electron chi connectivity index (χ4n) is 2.18. The van der Waals surface area contributed by atoms with Crippen LogP contribution in [0.2, 0.25) is 0 Å². The Morgan fingerprint density at radius 1 is 1.17 bits per heavy atom. The molecule has 0 unspecified atom stereocenters. The minimum Gasteiger partial charge on any atom is -0.345 e. The number of para-hydroxylation sites is 1. The molecule has 0 saturated carbocycles. The Labute approximate surface area is 133 Å². The molecule has 1 N–H and O–H groups in total. The van der Waals surface area contributed by atoms with Gasteiger partial charge >= 0.3 is 0 Å². The molecule has 0 atom stereocenters.